The SMILES string of the molecule is Cc1cc(C(=O)CN2CCC(C)C2CO)c(C)[nH]1. The normalized spacial score (nSPS) is 24.7. The van der Waals surface area contributed by atoms with Crippen LogP contribution in [0.3, 0.4) is 0 Å². The molecule has 100 valence electrons. The van der Waals surface area contributed by atoms with Crippen molar-refractivity contribution in [3.05, 3.63) is 23.0 Å². The summed E-state index contributed by atoms with van der Waals surface area (Å²) in [5.74, 6) is 0.612. The van der Waals surface area contributed by atoms with Crippen LogP contribution in [-0.2, 0) is 0 Å². The number of aromatic amines is 1. The number of hydrogen-bond acceptors (Lipinski definition) is 3. The summed E-state index contributed by atoms with van der Waals surface area (Å²) in [6, 6.07) is 2.04. The molecular weight excluding hydrogens is 228 g/mol. The van der Waals surface area contributed by atoms with Crippen LogP contribution in [-0.4, -0.2) is 46.5 Å². The van der Waals surface area contributed by atoms with Gasteiger partial charge < -0.3 is 10.1 Å². The second-order valence-corrected chi connectivity index (χ2v) is 5.40. The van der Waals surface area contributed by atoms with E-state index in [4.69, 9.17) is 0 Å². The molecule has 0 aromatic carbocycles. The van der Waals surface area contributed by atoms with E-state index in [1.165, 1.54) is 0 Å². The second kappa shape index (κ2) is 5.24. The van der Waals surface area contributed by atoms with Crippen LogP contribution >= 0.6 is 0 Å². The lowest BCUT2D eigenvalue weighted by Gasteiger charge is -2.24. The summed E-state index contributed by atoms with van der Waals surface area (Å²) >= 11 is 0. The van der Waals surface area contributed by atoms with Gasteiger partial charge in [0.05, 0.1) is 13.2 Å². The number of likely N-dealkylation sites (tertiary alicyclic amines) is 1. The van der Waals surface area contributed by atoms with E-state index in [-0.39, 0.29) is 18.4 Å². The highest BCUT2D eigenvalue weighted by Crippen LogP contribution is 2.24. The van der Waals surface area contributed by atoms with Crippen molar-refractivity contribution >= 4 is 5.78 Å². The van der Waals surface area contributed by atoms with Crippen molar-refractivity contribution in [1.82, 2.24) is 9.88 Å². The number of aliphatic hydroxyl groups is 1. The summed E-state index contributed by atoms with van der Waals surface area (Å²) in [4.78, 5) is 17.5. The number of aryl methyl sites for hydroxylation is 2. The summed E-state index contributed by atoms with van der Waals surface area (Å²) in [7, 11) is 0. The van der Waals surface area contributed by atoms with E-state index in [2.05, 4.69) is 16.8 Å². The Morgan fingerprint density at radius 1 is 1.56 bits per heavy atom. The molecule has 1 saturated heterocycles. The third-order valence-corrected chi connectivity index (χ3v) is 3.98. The minimum absolute atomic E-state index is 0.134. The van der Waals surface area contributed by atoms with Crippen LogP contribution in [0.2, 0.25) is 0 Å². The molecule has 2 N–H and O–H groups in total. The smallest absolute Gasteiger partial charge is 0.178 e. The highest BCUT2D eigenvalue weighted by Gasteiger charge is 2.32. The number of aromatic nitrogens is 1. The summed E-state index contributed by atoms with van der Waals surface area (Å²) in [5.41, 5.74) is 2.73. The van der Waals surface area contributed by atoms with Crippen molar-refractivity contribution in [3.63, 3.8) is 0 Å². The first-order valence-electron chi connectivity index (χ1n) is 6.57. The van der Waals surface area contributed by atoms with Crippen molar-refractivity contribution in [2.45, 2.75) is 33.2 Å². The van der Waals surface area contributed by atoms with E-state index in [1.54, 1.807) is 0 Å². The number of rotatable bonds is 4. The first-order chi connectivity index (χ1) is 8.52. The molecule has 2 heterocycles. The van der Waals surface area contributed by atoms with Crippen molar-refractivity contribution in [3.8, 4) is 0 Å². The fourth-order valence-electron chi connectivity index (χ4n) is 2.86. The van der Waals surface area contributed by atoms with Crippen LogP contribution in [0.5, 0.6) is 0 Å². The minimum atomic E-state index is 0.134. The number of H-pyrrole nitrogens is 1. The molecule has 1 fully saturated rings. The molecule has 18 heavy (non-hydrogen) atoms. The van der Waals surface area contributed by atoms with E-state index >= 15 is 0 Å². The summed E-state index contributed by atoms with van der Waals surface area (Å²) < 4.78 is 0. The third-order valence-electron chi connectivity index (χ3n) is 3.98. The maximum Gasteiger partial charge on any atom is 0.178 e. The Bertz CT molecular complexity index is 439. The highest BCUT2D eigenvalue weighted by molar-refractivity contribution is 5.98. The molecule has 1 aromatic rings. The van der Waals surface area contributed by atoms with Gasteiger partial charge in [0.15, 0.2) is 5.78 Å². The molecule has 1 aliphatic heterocycles. The lowest BCUT2D eigenvalue weighted by Crippen LogP contribution is -2.38. The number of hydrogen-bond donors (Lipinski definition) is 2. The molecule has 0 radical (unpaired) electrons. The number of aliphatic hydroxyl groups excluding tert-OH is 1. The van der Waals surface area contributed by atoms with Crippen LogP contribution in [0.4, 0.5) is 0 Å². The maximum absolute atomic E-state index is 12.3. The van der Waals surface area contributed by atoms with Gasteiger partial charge in [0, 0.05) is 23.0 Å². The van der Waals surface area contributed by atoms with Crippen molar-refractivity contribution < 1.29 is 9.90 Å². The molecular formula is C14H22N2O2. The first kappa shape index (κ1) is 13.3. The monoisotopic (exact) mass is 250 g/mol. The lowest BCUT2D eigenvalue weighted by atomic mass is 10.0. The van der Waals surface area contributed by atoms with Crippen LogP contribution in [0.15, 0.2) is 6.07 Å². The molecule has 0 bridgehead atoms. The number of nitrogens with one attached hydrogen (secondary N) is 1. The molecule has 4 heteroatoms. The predicted octanol–water partition coefficient (Wildman–Crippen LogP) is 1.52. The third kappa shape index (κ3) is 2.49. The first-order valence-corrected chi connectivity index (χ1v) is 6.57. The molecule has 1 aliphatic rings. The second-order valence-electron chi connectivity index (χ2n) is 5.40. The Labute approximate surface area is 108 Å². The number of carbonyl (C=O) groups is 1. The number of carbonyl (C=O) groups excluding carboxylic acids is 1. The molecule has 2 unspecified atom stereocenters. The van der Waals surface area contributed by atoms with Gasteiger partial charge in [-0.25, -0.2) is 0 Å². The zero-order chi connectivity index (χ0) is 13.3. The van der Waals surface area contributed by atoms with Gasteiger partial charge in [-0.2, -0.15) is 0 Å². The summed E-state index contributed by atoms with van der Waals surface area (Å²) in [6.07, 6.45) is 1.06. The van der Waals surface area contributed by atoms with Crippen LogP contribution in [0.25, 0.3) is 0 Å². The van der Waals surface area contributed by atoms with Crippen molar-refractivity contribution in [1.29, 1.82) is 0 Å². The molecule has 0 amide bonds. The van der Waals surface area contributed by atoms with E-state index in [1.807, 2.05) is 19.9 Å². The van der Waals surface area contributed by atoms with Crippen molar-refractivity contribution in [2.75, 3.05) is 19.7 Å². The molecule has 0 aliphatic carbocycles. The number of ketones is 1. The van der Waals surface area contributed by atoms with Gasteiger partial charge in [0.25, 0.3) is 0 Å². The number of Topliss-reactive ketones (excluding diaryl/α,β-unsaturated/α-hetero) is 1. The molecule has 2 rings (SSSR count). The Morgan fingerprint density at radius 3 is 2.83 bits per heavy atom. The van der Waals surface area contributed by atoms with E-state index < -0.39 is 0 Å². The van der Waals surface area contributed by atoms with Gasteiger partial charge in [0.2, 0.25) is 0 Å². The Morgan fingerprint density at radius 2 is 2.28 bits per heavy atom. The van der Waals surface area contributed by atoms with Gasteiger partial charge in [-0.1, -0.05) is 6.92 Å². The lowest BCUT2D eigenvalue weighted by molar-refractivity contribution is 0.0865. The van der Waals surface area contributed by atoms with Crippen LogP contribution in [0, 0.1) is 19.8 Å². The van der Waals surface area contributed by atoms with Gasteiger partial charge in [-0.05, 0) is 38.8 Å². The minimum Gasteiger partial charge on any atom is -0.395 e. The van der Waals surface area contributed by atoms with E-state index in [9.17, 15) is 9.90 Å². The van der Waals surface area contributed by atoms with Gasteiger partial charge >= 0.3 is 0 Å². The summed E-state index contributed by atoms with van der Waals surface area (Å²) in [5, 5.41) is 9.39. The van der Waals surface area contributed by atoms with E-state index in [0.717, 1.165) is 29.9 Å². The highest BCUT2D eigenvalue weighted by atomic mass is 16.3. The van der Waals surface area contributed by atoms with E-state index in [0.29, 0.717) is 12.5 Å². The zero-order valence-electron chi connectivity index (χ0n) is 11.4. The maximum atomic E-state index is 12.3. The Kier molecular flexibility index (Phi) is 3.88. The van der Waals surface area contributed by atoms with Gasteiger partial charge in [-0.15, -0.1) is 0 Å². The van der Waals surface area contributed by atoms with Gasteiger partial charge in [0.1, 0.15) is 0 Å². The van der Waals surface area contributed by atoms with Crippen molar-refractivity contribution in [2.24, 2.45) is 5.92 Å². The molecule has 2 atom stereocenters. The summed E-state index contributed by atoms with van der Waals surface area (Å²) in [6.45, 7) is 7.47. The zero-order valence-corrected chi connectivity index (χ0v) is 11.4. The molecule has 0 saturated carbocycles. The fourth-order valence-corrected chi connectivity index (χ4v) is 2.86. The molecule has 4 nitrogen and oxygen atoms in total. The number of nitrogens with zero attached hydrogens (tertiary/aromatic N) is 1. The average Bonchev–Trinajstić information content (AvgIpc) is 2.82. The molecule has 0 spiro atoms. The Hall–Kier alpha value is -1.13. The fraction of sp³-hybridized carbons (Fsp3) is 0.643. The quantitative estimate of drug-likeness (QED) is 0.797. The van der Waals surface area contributed by atoms with Gasteiger partial charge in [-0.3, -0.25) is 9.69 Å². The largest absolute Gasteiger partial charge is 0.395 e. The standard InChI is InChI=1S/C14H22N2O2/c1-9-4-5-16(13(9)8-17)7-14(18)12-6-10(2)15-11(12)3/h6,9,13,15,17H,4-5,7-8H2,1-3H3. The molecule has 1 aromatic heterocycles. The predicted molar refractivity (Wildman–Crippen MR) is 70.8 cm³/mol. The Balaban J connectivity index is 2.06. The van der Waals surface area contributed by atoms with Crippen LogP contribution < -0.4 is 0 Å². The topological polar surface area (TPSA) is 56.3 Å². The average molecular weight is 250 g/mol. The van der Waals surface area contributed by atoms with Crippen LogP contribution in [0.1, 0.15) is 35.1 Å².